The number of nitrogens with zero attached hydrogens (tertiary/aromatic N) is 2. The van der Waals surface area contributed by atoms with Gasteiger partial charge in [-0.05, 0) is 36.2 Å². The highest BCUT2D eigenvalue weighted by Gasteiger charge is 2.48. The summed E-state index contributed by atoms with van der Waals surface area (Å²) in [4.78, 5) is 18.7. The van der Waals surface area contributed by atoms with E-state index in [9.17, 15) is 13.2 Å². The van der Waals surface area contributed by atoms with Crippen LogP contribution in [0, 0.1) is 0 Å². The lowest BCUT2D eigenvalue weighted by molar-refractivity contribution is -0.119. The molecule has 2 heterocycles. The molecule has 2 aliphatic rings. The third-order valence-corrected chi connectivity index (χ3v) is 8.55. The van der Waals surface area contributed by atoms with E-state index in [1.807, 2.05) is 47.4 Å². The van der Waals surface area contributed by atoms with Gasteiger partial charge in [-0.2, -0.15) is 4.99 Å². The Labute approximate surface area is 186 Å². The largest absolute Gasteiger partial charge is 0.497 e. The fourth-order valence-electron chi connectivity index (χ4n) is 3.74. The van der Waals surface area contributed by atoms with Crippen molar-refractivity contribution in [3.8, 4) is 11.5 Å². The molecule has 0 bridgehead atoms. The number of amidine groups is 1. The number of sulfone groups is 1. The van der Waals surface area contributed by atoms with Crippen molar-refractivity contribution >= 4 is 32.7 Å². The number of carbonyl (C=O) groups excluding carboxylic acids is 1. The lowest BCUT2D eigenvalue weighted by Gasteiger charge is -2.24. The summed E-state index contributed by atoms with van der Waals surface area (Å²) in [6, 6.07) is 16.7. The predicted octanol–water partition coefficient (Wildman–Crippen LogP) is 2.41. The van der Waals surface area contributed by atoms with Crippen LogP contribution in [-0.4, -0.2) is 67.5 Å². The maximum absolute atomic E-state index is 12.4. The number of para-hydroxylation sites is 1. The van der Waals surface area contributed by atoms with E-state index in [2.05, 4.69) is 4.99 Å². The standard InChI is InChI=1S/C22H24N2O5S2/c1-28-17-9-7-16(8-10-17)11-12-24-19-14-31(26,27)15-20(19)30-22(24)23-21(25)13-29-18-5-3-2-4-6-18/h2-10,19-20H,11-15H2,1H3. The van der Waals surface area contributed by atoms with E-state index in [1.54, 1.807) is 19.2 Å². The van der Waals surface area contributed by atoms with Gasteiger partial charge >= 0.3 is 0 Å². The van der Waals surface area contributed by atoms with Gasteiger partial charge in [0.05, 0.1) is 24.7 Å². The van der Waals surface area contributed by atoms with E-state index >= 15 is 0 Å². The van der Waals surface area contributed by atoms with E-state index in [0.717, 1.165) is 11.3 Å². The minimum atomic E-state index is -3.07. The monoisotopic (exact) mass is 460 g/mol. The Kier molecular flexibility index (Phi) is 6.52. The molecule has 2 atom stereocenters. The number of thioether (sulfide) groups is 1. The Morgan fingerprint density at radius 2 is 1.84 bits per heavy atom. The van der Waals surface area contributed by atoms with Crippen LogP contribution in [-0.2, 0) is 21.1 Å². The molecule has 2 unspecified atom stereocenters. The van der Waals surface area contributed by atoms with Crippen LogP contribution < -0.4 is 9.47 Å². The maximum Gasteiger partial charge on any atom is 0.285 e. The number of methoxy groups -OCH3 is 1. The molecule has 0 spiro atoms. The summed E-state index contributed by atoms with van der Waals surface area (Å²) in [5.74, 6) is 1.22. The highest BCUT2D eigenvalue weighted by Crippen LogP contribution is 2.38. The molecular formula is C22H24N2O5S2. The first-order valence-electron chi connectivity index (χ1n) is 9.99. The second kappa shape index (κ2) is 9.32. The molecule has 0 aromatic heterocycles. The minimum Gasteiger partial charge on any atom is -0.497 e. The van der Waals surface area contributed by atoms with Crippen molar-refractivity contribution in [2.45, 2.75) is 17.7 Å². The first kappa shape index (κ1) is 21.7. The Bertz CT molecular complexity index is 1060. The molecule has 0 saturated carbocycles. The summed E-state index contributed by atoms with van der Waals surface area (Å²) in [6.45, 7) is 0.426. The van der Waals surface area contributed by atoms with Gasteiger partial charge in [0.15, 0.2) is 21.6 Å². The van der Waals surface area contributed by atoms with Gasteiger partial charge < -0.3 is 14.4 Å². The number of rotatable bonds is 7. The molecule has 2 aromatic carbocycles. The van der Waals surface area contributed by atoms with Crippen LogP contribution in [0.2, 0.25) is 0 Å². The van der Waals surface area contributed by atoms with Gasteiger partial charge in [-0.1, -0.05) is 42.1 Å². The number of fused-ring (bicyclic) bond motifs is 1. The van der Waals surface area contributed by atoms with Crippen LogP contribution in [0.1, 0.15) is 5.56 Å². The summed E-state index contributed by atoms with van der Waals surface area (Å²) in [7, 11) is -1.45. The molecule has 0 radical (unpaired) electrons. The molecule has 9 heteroatoms. The van der Waals surface area contributed by atoms with E-state index in [1.165, 1.54) is 11.8 Å². The van der Waals surface area contributed by atoms with Crippen LogP contribution >= 0.6 is 11.8 Å². The van der Waals surface area contributed by atoms with Crippen LogP contribution in [0.5, 0.6) is 11.5 Å². The van der Waals surface area contributed by atoms with Crippen molar-refractivity contribution in [1.82, 2.24) is 4.90 Å². The molecule has 31 heavy (non-hydrogen) atoms. The third-order valence-electron chi connectivity index (χ3n) is 5.30. The molecule has 1 amide bonds. The summed E-state index contributed by atoms with van der Waals surface area (Å²) in [5.41, 5.74) is 1.10. The molecule has 2 fully saturated rings. The van der Waals surface area contributed by atoms with E-state index < -0.39 is 9.84 Å². The number of amides is 1. The van der Waals surface area contributed by atoms with Crippen LogP contribution in [0.4, 0.5) is 0 Å². The zero-order chi connectivity index (χ0) is 21.8. The zero-order valence-electron chi connectivity index (χ0n) is 17.1. The number of carbonyl (C=O) groups is 1. The summed E-state index contributed by atoms with van der Waals surface area (Å²) in [5, 5.41) is 0.488. The fourth-order valence-corrected chi connectivity index (χ4v) is 7.73. The molecule has 4 rings (SSSR count). The Morgan fingerprint density at radius 1 is 1.10 bits per heavy atom. The highest BCUT2D eigenvalue weighted by molar-refractivity contribution is 8.15. The SMILES string of the molecule is COc1ccc(CCN2C(=NC(=O)COc3ccccc3)SC3CS(=O)(=O)CC32)cc1. The molecule has 2 aliphatic heterocycles. The number of hydrogen-bond acceptors (Lipinski definition) is 6. The third kappa shape index (κ3) is 5.40. The van der Waals surface area contributed by atoms with Crippen molar-refractivity contribution in [3.05, 3.63) is 60.2 Å². The van der Waals surface area contributed by atoms with Crippen molar-refractivity contribution in [2.75, 3.05) is 31.8 Å². The first-order chi connectivity index (χ1) is 14.9. The average molecular weight is 461 g/mol. The summed E-state index contributed by atoms with van der Waals surface area (Å²) < 4.78 is 35.0. The number of ether oxygens (including phenoxy) is 2. The van der Waals surface area contributed by atoms with Crippen molar-refractivity contribution in [3.63, 3.8) is 0 Å². The second-order valence-corrected chi connectivity index (χ2v) is 10.8. The van der Waals surface area contributed by atoms with Gasteiger partial charge in [-0.15, -0.1) is 0 Å². The normalized spacial score (nSPS) is 23.0. The molecule has 164 valence electrons. The first-order valence-corrected chi connectivity index (χ1v) is 12.7. The average Bonchev–Trinajstić information content (AvgIpc) is 3.22. The topological polar surface area (TPSA) is 85.3 Å². The van der Waals surface area contributed by atoms with Crippen LogP contribution in [0.25, 0.3) is 0 Å². The smallest absolute Gasteiger partial charge is 0.285 e. The molecule has 0 N–H and O–H groups in total. The van der Waals surface area contributed by atoms with Crippen molar-refractivity contribution in [1.29, 1.82) is 0 Å². The van der Waals surface area contributed by atoms with Gasteiger partial charge in [0.1, 0.15) is 11.5 Å². The van der Waals surface area contributed by atoms with Crippen molar-refractivity contribution in [2.24, 2.45) is 4.99 Å². The lowest BCUT2D eigenvalue weighted by Crippen LogP contribution is -2.39. The minimum absolute atomic E-state index is 0.0949. The van der Waals surface area contributed by atoms with Gasteiger partial charge in [0, 0.05) is 11.8 Å². The summed E-state index contributed by atoms with van der Waals surface area (Å²) in [6.07, 6.45) is 0.710. The highest BCUT2D eigenvalue weighted by atomic mass is 32.2. The molecule has 0 aliphatic carbocycles. The molecule has 2 saturated heterocycles. The second-order valence-electron chi connectivity index (χ2n) is 7.48. The maximum atomic E-state index is 12.4. The van der Waals surface area contributed by atoms with Gasteiger partial charge in [0.25, 0.3) is 5.91 Å². The fraction of sp³-hybridized carbons (Fsp3) is 0.364. The van der Waals surface area contributed by atoms with Crippen LogP contribution in [0.15, 0.2) is 59.6 Å². The Hall–Kier alpha value is -2.52. The quantitative estimate of drug-likeness (QED) is 0.627. The number of hydrogen-bond donors (Lipinski definition) is 0. The number of aliphatic imine (C=N–C) groups is 1. The Morgan fingerprint density at radius 3 is 2.55 bits per heavy atom. The predicted molar refractivity (Wildman–Crippen MR) is 122 cm³/mol. The molecule has 2 aromatic rings. The summed E-state index contributed by atoms with van der Waals surface area (Å²) >= 11 is 1.38. The van der Waals surface area contributed by atoms with Crippen LogP contribution in [0.3, 0.4) is 0 Å². The van der Waals surface area contributed by atoms with Gasteiger partial charge in [-0.25, -0.2) is 8.42 Å². The van der Waals surface area contributed by atoms with Gasteiger partial charge in [-0.3, -0.25) is 4.79 Å². The Balaban J connectivity index is 1.45. The van der Waals surface area contributed by atoms with Crippen molar-refractivity contribution < 1.29 is 22.7 Å². The van der Waals surface area contributed by atoms with Gasteiger partial charge in [0.2, 0.25) is 0 Å². The number of benzene rings is 2. The molecule has 7 nitrogen and oxygen atoms in total. The molecular weight excluding hydrogens is 436 g/mol. The van der Waals surface area contributed by atoms with E-state index in [0.29, 0.717) is 23.9 Å². The van der Waals surface area contributed by atoms with E-state index in [-0.39, 0.29) is 35.3 Å². The van der Waals surface area contributed by atoms with E-state index in [4.69, 9.17) is 9.47 Å². The lowest BCUT2D eigenvalue weighted by atomic mass is 10.1. The zero-order valence-corrected chi connectivity index (χ0v) is 18.8.